The number of methoxy groups -OCH3 is 2. The molecule has 98 valence electrons. The zero-order valence-corrected chi connectivity index (χ0v) is 11.1. The fraction of sp³-hybridized carbons (Fsp3) is 0.200. The molecule has 4 heteroatoms. The Morgan fingerprint density at radius 1 is 0.947 bits per heavy atom. The lowest BCUT2D eigenvalue weighted by Gasteiger charge is -2.05. The summed E-state index contributed by atoms with van der Waals surface area (Å²) >= 11 is 0. The predicted molar refractivity (Wildman–Crippen MR) is 75.3 cm³/mol. The summed E-state index contributed by atoms with van der Waals surface area (Å²) in [7, 11) is 3.24. The summed E-state index contributed by atoms with van der Waals surface area (Å²) in [5.41, 5.74) is 2.58. The number of H-pyrrole nitrogens is 1. The quantitative estimate of drug-likeness (QED) is 0.740. The van der Waals surface area contributed by atoms with E-state index in [4.69, 9.17) is 9.47 Å². The van der Waals surface area contributed by atoms with E-state index in [1.807, 2.05) is 25.1 Å². The van der Waals surface area contributed by atoms with E-state index in [1.54, 1.807) is 20.3 Å². The van der Waals surface area contributed by atoms with Crippen LogP contribution in [-0.2, 0) is 0 Å². The van der Waals surface area contributed by atoms with Crippen molar-refractivity contribution < 1.29 is 14.6 Å². The first kappa shape index (κ1) is 11.7. The van der Waals surface area contributed by atoms with Crippen LogP contribution in [-0.4, -0.2) is 24.3 Å². The number of phenolic OH excluding ortho intramolecular Hbond substituents is 1. The molecule has 0 radical (unpaired) electrons. The fourth-order valence-corrected chi connectivity index (χ4v) is 2.45. The lowest BCUT2D eigenvalue weighted by molar-refractivity contribution is 0.397. The van der Waals surface area contributed by atoms with Gasteiger partial charge in [-0.25, -0.2) is 0 Å². The number of phenols is 1. The molecule has 0 aliphatic carbocycles. The number of aromatic hydroxyl groups is 1. The Bertz CT molecular complexity index is 774. The normalized spacial score (nSPS) is 11.1. The summed E-state index contributed by atoms with van der Waals surface area (Å²) in [5, 5.41) is 12.0. The molecule has 0 fully saturated rings. The predicted octanol–water partition coefficient (Wildman–Crippen LogP) is 3.35. The molecular formula is C15H15NO3. The zero-order valence-electron chi connectivity index (χ0n) is 11.1. The maximum absolute atomic E-state index is 10.0. The first-order chi connectivity index (χ1) is 9.13. The molecule has 0 unspecified atom stereocenters. The standard InChI is InChI=1S/C15H15NO3/c1-8-4-10-11-6-9(18-2)7-13(19-3)15(11)16-14(10)12(17)5-8/h4-7,16-17H,1-3H3. The van der Waals surface area contributed by atoms with Crippen LogP contribution in [0.2, 0.25) is 0 Å². The summed E-state index contributed by atoms with van der Waals surface area (Å²) in [4.78, 5) is 3.21. The van der Waals surface area contributed by atoms with Gasteiger partial charge in [-0.2, -0.15) is 0 Å². The molecule has 0 atom stereocenters. The van der Waals surface area contributed by atoms with E-state index in [-0.39, 0.29) is 5.75 Å². The first-order valence-corrected chi connectivity index (χ1v) is 6.01. The van der Waals surface area contributed by atoms with Gasteiger partial charge in [0.15, 0.2) is 0 Å². The van der Waals surface area contributed by atoms with Crippen molar-refractivity contribution in [3.63, 3.8) is 0 Å². The lowest BCUT2D eigenvalue weighted by atomic mass is 10.1. The van der Waals surface area contributed by atoms with Crippen LogP contribution in [0.1, 0.15) is 5.56 Å². The van der Waals surface area contributed by atoms with Crippen LogP contribution in [0.4, 0.5) is 0 Å². The van der Waals surface area contributed by atoms with Crippen LogP contribution >= 0.6 is 0 Å². The molecule has 4 nitrogen and oxygen atoms in total. The van der Waals surface area contributed by atoms with Gasteiger partial charge in [0, 0.05) is 16.8 Å². The van der Waals surface area contributed by atoms with Gasteiger partial charge in [-0.3, -0.25) is 0 Å². The van der Waals surface area contributed by atoms with Crippen molar-refractivity contribution in [3.05, 3.63) is 29.8 Å². The van der Waals surface area contributed by atoms with Gasteiger partial charge in [0.25, 0.3) is 0 Å². The second-order valence-electron chi connectivity index (χ2n) is 4.58. The maximum atomic E-state index is 10.0. The third kappa shape index (κ3) is 1.68. The second-order valence-corrected chi connectivity index (χ2v) is 4.58. The van der Waals surface area contributed by atoms with Crippen LogP contribution in [0.25, 0.3) is 21.8 Å². The molecule has 3 aromatic rings. The van der Waals surface area contributed by atoms with Crippen molar-refractivity contribution in [1.29, 1.82) is 0 Å². The zero-order chi connectivity index (χ0) is 13.6. The Kier molecular flexibility index (Phi) is 2.52. The molecule has 0 bridgehead atoms. The number of ether oxygens (including phenoxy) is 2. The van der Waals surface area contributed by atoms with E-state index in [9.17, 15) is 5.11 Å². The van der Waals surface area contributed by atoms with Gasteiger partial charge >= 0.3 is 0 Å². The molecule has 3 rings (SSSR count). The van der Waals surface area contributed by atoms with E-state index in [0.717, 1.165) is 27.6 Å². The van der Waals surface area contributed by atoms with Gasteiger partial charge in [0.1, 0.15) is 17.2 Å². The van der Waals surface area contributed by atoms with Crippen molar-refractivity contribution in [2.24, 2.45) is 0 Å². The molecule has 0 saturated carbocycles. The highest BCUT2D eigenvalue weighted by atomic mass is 16.5. The second kappa shape index (κ2) is 4.09. The molecule has 1 aromatic heterocycles. The van der Waals surface area contributed by atoms with Crippen LogP contribution in [0, 0.1) is 6.92 Å². The number of fused-ring (bicyclic) bond motifs is 3. The molecule has 0 aliphatic rings. The third-order valence-electron chi connectivity index (χ3n) is 3.33. The molecule has 0 aliphatic heterocycles. The van der Waals surface area contributed by atoms with Crippen molar-refractivity contribution >= 4 is 21.8 Å². The first-order valence-electron chi connectivity index (χ1n) is 6.01. The molecule has 19 heavy (non-hydrogen) atoms. The Balaban J connectivity index is 2.50. The van der Waals surface area contributed by atoms with Crippen LogP contribution in [0.5, 0.6) is 17.2 Å². The Morgan fingerprint density at radius 3 is 2.37 bits per heavy atom. The number of hydrogen-bond acceptors (Lipinski definition) is 3. The summed E-state index contributed by atoms with van der Waals surface area (Å²) in [6.45, 7) is 1.95. The Hall–Kier alpha value is -2.36. The minimum atomic E-state index is 0.243. The molecule has 0 spiro atoms. The van der Waals surface area contributed by atoms with Crippen LogP contribution in [0.15, 0.2) is 24.3 Å². The number of aromatic nitrogens is 1. The van der Waals surface area contributed by atoms with Gasteiger partial charge in [-0.15, -0.1) is 0 Å². The van der Waals surface area contributed by atoms with Crippen molar-refractivity contribution in [1.82, 2.24) is 4.98 Å². The van der Waals surface area contributed by atoms with Crippen molar-refractivity contribution in [2.75, 3.05) is 14.2 Å². The van der Waals surface area contributed by atoms with E-state index in [1.165, 1.54) is 0 Å². The number of aromatic amines is 1. The molecular weight excluding hydrogens is 242 g/mol. The average molecular weight is 257 g/mol. The molecule has 0 amide bonds. The van der Waals surface area contributed by atoms with E-state index in [0.29, 0.717) is 11.3 Å². The summed E-state index contributed by atoms with van der Waals surface area (Å²) < 4.78 is 10.7. The highest BCUT2D eigenvalue weighted by Gasteiger charge is 2.13. The molecule has 0 saturated heterocycles. The van der Waals surface area contributed by atoms with Crippen LogP contribution in [0.3, 0.4) is 0 Å². The van der Waals surface area contributed by atoms with Gasteiger partial charge in [0.05, 0.1) is 25.3 Å². The lowest BCUT2D eigenvalue weighted by Crippen LogP contribution is -1.87. The van der Waals surface area contributed by atoms with Crippen molar-refractivity contribution in [2.45, 2.75) is 6.92 Å². The van der Waals surface area contributed by atoms with E-state index >= 15 is 0 Å². The smallest absolute Gasteiger partial charge is 0.146 e. The summed E-state index contributed by atoms with van der Waals surface area (Å²) in [6, 6.07) is 7.53. The summed E-state index contributed by atoms with van der Waals surface area (Å²) in [6.07, 6.45) is 0. The number of rotatable bonds is 2. The Morgan fingerprint density at radius 2 is 1.68 bits per heavy atom. The highest BCUT2D eigenvalue weighted by Crippen LogP contribution is 2.38. The monoisotopic (exact) mass is 257 g/mol. The highest BCUT2D eigenvalue weighted by molar-refractivity contribution is 6.11. The van der Waals surface area contributed by atoms with Crippen molar-refractivity contribution in [3.8, 4) is 17.2 Å². The minimum absolute atomic E-state index is 0.243. The van der Waals surface area contributed by atoms with Gasteiger partial charge in [0.2, 0.25) is 0 Å². The van der Waals surface area contributed by atoms with Gasteiger partial charge < -0.3 is 19.6 Å². The number of hydrogen-bond donors (Lipinski definition) is 2. The van der Waals surface area contributed by atoms with E-state index < -0.39 is 0 Å². The molecule has 2 aromatic carbocycles. The number of benzene rings is 2. The Labute approximate surface area is 110 Å². The van der Waals surface area contributed by atoms with Crippen LogP contribution < -0.4 is 9.47 Å². The SMILES string of the molecule is COc1cc(OC)c2[nH]c3c(O)cc(C)cc3c2c1. The molecule has 2 N–H and O–H groups in total. The minimum Gasteiger partial charge on any atom is -0.506 e. The largest absolute Gasteiger partial charge is 0.506 e. The number of nitrogens with one attached hydrogen (secondary N) is 1. The van der Waals surface area contributed by atoms with E-state index in [2.05, 4.69) is 4.98 Å². The summed E-state index contributed by atoms with van der Waals surface area (Å²) in [5.74, 6) is 1.67. The third-order valence-corrected chi connectivity index (χ3v) is 3.33. The topological polar surface area (TPSA) is 54.5 Å². The average Bonchev–Trinajstić information content (AvgIpc) is 2.76. The number of aryl methyl sites for hydroxylation is 1. The van der Waals surface area contributed by atoms with Gasteiger partial charge in [-0.05, 0) is 30.7 Å². The fourth-order valence-electron chi connectivity index (χ4n) is 2.45. The van der Waals surface area contributed by atoms with Gasteiger partial charge in [-0.1, -0.05) is 0 Å². The maximum Gasteiger partial charge on any atom is 0.146 e. The molecule has 1 heterocycles.